The van der Waals surface area contributed by atoms with Gasteiger partial charge in [0, 0.05) is 6.07 Å². The van der Waals surface area contributed by atoms with Gasteiger partial charge in [0.2, 0.25) is 0 Å². The van der Waals surface area contributed by atoms with E-state index in [9.17, 15) is 9.18 Å². The van der Waals surface area contributed by atoms with E-state index >= 15 is 0 Å². The van der Waals surface area contributed by atoms with Gasteiger partial charge in [-0.2, -0.15) is 0 Å². The molecule has 0 N–H and O–H groups in total. The molecule has 0 bridgehead atoms. The summed E-state index contributed by atoms with van der Waals surface area (Å²) in [5, 5.41) is 10.8. The smallest absolute Gasteiger partial charge is 0.346 e. The predicted octanol–water partition coefficient (Wildman–Crippen LogP) is 2.02. The molecule has 3 rings (SSSR count). The number of halogens is 1. The van der Waals surface area contributed by atoms with Crippen LogP contribution < -0.4 is 4.74 Å². The van der Waals surface area contributed by atoms with Gasteiger partial charge in [-0.15, -0.1) is 5.10 Å². The van der Waals surface area contributed by atoms with E-state index in [4.69, 9.17) is 4.74 Å². The van der Waals surface area contributed by atoms with Gasteiger partial charge in [-0.25, -0.2) is 13.9 Å². The summed E-state index contributed by atoms with van der Waals surface area (Å²) in [6, 6.07) is 12.2. The van der Waals surface area contributed by atoms with E-state index in [1.165, 1.54) is 29.2 Å². The SMILES string of the molecule is O=C(Oc1cccc(-n2cnnn2)c1)c1ccccc1F. The maximum atomic E-state index is 13.5. The molecule has 0 saturated heterocycles. The number of carbonyl (C=O) groups excluding carboxylic acids is 1. The number of nitrogens with zero attached hydrogens (tertiary/aromatic N) is 4. The highest BCUT2D eigenvalue weighted by Crippen LogP contribution is 2.18. The van der Waals surface area contributed by atoms with Gasteiger partial charge in [-0.05, 0) is 34.7 Å². The minimum Gasteiger partial charge on any atom is -0.423 e. The Labute approximate surface area is 118 Å². The topological polar surface area (TPSA) is 69.9 Å². The maximum Gasteiger partial charge on any atom is 0.346 e. The molecule has 0 unspecified atom stereocenters. The highest BCUT2D eigenvalue weighted by molar-refractivity contribution is 5.91. The fraction of sp³-hybridized carbons (Fsp3) is 0. The molecule has 0 saturated carbocycles. The number of benzene rings is 2. The molecule has 0 aliphatic heterocycles. The van der Waals surface area contributed by atoms with Crippen molar-refractivity contribution in [3.63, 3.8) is 0 Å². The number of hydrogen-bond donors (Lipinski definition) is 0. The van der Waals surface area contributed by atoms with Gasteiger partial charge in [0.25, 0.3) is 0 Å². The Balaban J connectivity index is 1.84. The molecule has 0 aliphatic carbocycles. The number of aromatic nitrogens is 4. The minimum atomic E-state index is -0.762. The van der Waals surface area contributed by atoms with Gasteiger partial charge in [-0.1, -0.05) is 18.2 Å². The Hall–Kier alpha value is -3.09. The van der Waals surface area contributed by atoms with Crippen LogP contribution in [0.2, 0.25) is 0 Å². The zero-order chi connectivity index (χ0) is 14.7. The summed E-state index contributed by atoms with van der Waals surface area (Å²) in [6.07, 6.45) is 1.41. The Morgan fingerprint density at radius 2 is 2.00 bits per heavy atom. The molecule has 0 amide bonds. The molecular weight excluding hydrogens is 275 g/mol. The van der Waals surface area contributed by atoms with Crippen LogP contribution in [0.5, 0.6) is 5.75 Å². The highest BCUT2D eigenvalue weighted by atomic mass is 19.1. The minimum absolute atomic E-state index is 0.120. The maximum absolute atomic E-state index is 13.5. The van der Waals surface area contributed by atoms with Crippen LogP contribution in [0.1, 0.15) is 10.4 Å². The monoisotopic (exact) mass is 284 g/mol. The predicted molar refractivity (Wildman–Crippen MR) is 70.5 cm³/mol. The summed E-state index contributed by atoms with van der Waals surface area (Å²) in [5.74, 6) is -1.11. The van der Waals surface area contributed by atoms with Gasteiger partial charge < -0.3 is 4.74 Å². The number of carbonyl (C=O) groups is 1. The van der Waals surface area contributed by atoms with Crippen molar-refractivity contribution in [2.24, 2.45) is 0 Å². The van der Waals surface area contributed by atoms with Gasteiger partial charge in [-0.3, -0.25) is 0 Å². The fourth-order valence-electron chi connectivity index (χ4n) is 1.76. The van der Waals surface area contributed by atoms with E-state index in [2.05, 4.69) is 15.5 Å². The highest BCUT2D eigenvalue weighted by Gasteiger charge is 2.13. The first-order chi connectivity index (χ1) is 10.2. The molecule has 3 aromatic rings. The molecule has 1 heterocycles. The molecule has 2 aromatic carbocycles. The van der Waals surface area contributed by atoms with Crippen LogP contribution in [0, 0.1) is 5.82 Å². The Bertz CT molecular complexity index is 774. The number of hydrogen-bond acceptors (Lipinski definition) is 5. The molecule has 0 aliphatic rings. The van der Waals surface area contributed by atoms with E-state index < -0.39 is 11.8 Å². The van der Waals surface area contributed by atoms with Crippen LogP contribution in [0.3, 0.4) is 0 Å². The fourth-order valence-corrected chi connectivity index (χ4v) is 1.76. The summed E-state index contributed by atoms with van der Waals surface area (Å²) < 4.78 is 20.1. The van der Waals surface area contributed by atoms with Gasteiger partial charge >= 0.3 is 5.97 Å². The van der Waals surface area contributed by atoms with E-state index in [1.807, 2.05) is 0 Å². The molecule has 21 heavy (non-hydrogen) atoms. The first-order valence-corrected chi connectivity index (χ1v) is 6.04. The van der Waals surface area contributed by atoms with Gasteiger partial charge in [0.1, 0.15) is 17.9 Å². The molecule has 0 atom stereocenters. The quantitative estimate of drug-likeness (QED) is 0.543. The molecule has 0 radical (unpaired) electrons. The largest absolute Gasteiger partial charge is 0.423 e. The molecule has 0 fully saturated rings. The lowest BCUT2D eigenvalue weighted by atomic mass is 10.2. The third-order valence-corrected chi connectivity index (χ3v) is 2.74. The Morgan fingerprint density at radius 3 is 2.76 bits per heavy atom. The van der Waals surface area contributed by atoms with Crippen molar-refractivity contribution in [1.82, 2.24) is 20.2 Å². The third-order valence-electron chi connectivity index (χ3n) is 2.74. The lowest BCUT2D eigenvalue weighted by Gasteiger charge is -2.06. The van der Waals surface area contributed by atoms with Crippen LogP contribution in [0.15, 0.2) is 54.9 Å². The summed E-state index contributed by atoms with van der Waals surface area (Å²) in [4.78, 5) is 11.9. The molecule has 0 spiro atoms. The van der Waals surface area contributed by atoms with Crippen LogP contribution in [-0.2, 0) is 0 Å². The van der Waals surface area contributed by atoms with E-state index in [0.29, 0.717) is 5.69 Å². The molecule has 7 heteroatoms. The summed E-state index contributed by atoms with van der Waals surface area (Å²) in [6.45, 7) is 0. The van der Waals surface area contributed by atoms with E-state index in [-0.39, 0.29) is 11.3 Å². The van der Waals surface area contributed by atoms with Crippen LogP contribution >= 0.6 is 0 Å². The average molecular weight is 284 g/mol. The van der Waals surface area contributed by atoms with Crippen molar-refractivity contribution < 1.29 is 13.9 Å². The van der Waals surface area contributed by atoms with Crippen LogP contribution in [0.25, 0.3) is 5.69 Å². The number of rotatable bonds is 3. The van der Waals surface area contributed by atoms with Crippen molar-refractivity contribution >= 4 is 5.97 Å². The zero-order valence-electron chi connectivity index (χ0n) is 10.7. The van der Waals surface area contributed by atoms with E-state index in [1.54, 1.807) is 30.3 Å². The van der Waals surface area contributed by atoms with Crippen molar-refractivity contribution in [2.75, 3.05) is 0 Å². The lowest BCUT2D eigenvalue weighted by molar-refractivity contribution is 0.0730. The lowest BCUT2D eigenvalue weighted by Crippen LogP contribution is -2.10. The molecule has 104 valence electrons. The van der Waals surface area contributed by atoms with Gasteiger partial charge in [0.05, 0.1) is 11.3 Å². The molecule has 1 aromatic heterocycles. The second-order valence-electron chi connectivity index (χ2n) is 4.12. The van der Waals surface area contributed by atoms with Crippen molar-refractivity contribution in [2.45, 2.75) is 0 Å². The summed E-state index contributed by atoms with van der Waals surface area (Å²) in [5.41, 5.74) is 0.504. The number of esters is 1. The first kappa shape index (κ1) is 12.9. The van der Waals surface area contributed by atoms with Crippen molar-refractivity contribution in [3.8, 4) is 11.4 Å². The number of tetrazole rings is 1. The van der Waals surface area contributed by atoms with Crippen molar-refractivity contribution in [1.29, 1.82) is 0 Å². The normalized spacial score (nSPS) is 10.3. The zero-order valence-corrected chi connectivity index (χ0v) is 10.7. The van der Waals surface area contributed by atoms with Crippen molar-refractivity contribution in [3.05, 3.63) is 66.2 Å². The standard InChI is InChI=1S/C14H9FN4O2/c15-13-7-2-1-6-12(13)14(20)21-11-5-3-4-10(8-11)19-9-16-17-18-19/h1-9H. The molecular formula is C14H9FN4O2. The third kappa shape index (κ3) is 2.76. The Kier molecular flexibility index (Phi) is 3.38. The van der Waals surface area contributed by atoms with Gasteiger partial charge in [0.15, 0.2) is 0 Å². The van der Waals surface area contributed by atoms with Crippen LogP contribution in [-0.4, -0.2) is 26.2 Å². The average Bonchev–Trinajstić information content (AvgIpc) is 3.02. The first-order valence-electron chi connectivity index (χ1n) is 6.04. The number of ether oxygens (including phenoxy) is 1. The van der Waals surface area contributed by atoms with E-state index in [0.717, 1.165) is 0 Å². The second-order valence-corrected chi connectivity index (χ2v) is 4.12. The van der Waals surface area contributed by atoms with Crippen LogP contribution in [0.4, 0.5) is 4.39 Å². The second kappa shape index (κ2) is 5.49. The Morgan fingerprint density at radius 1 is 1.14 bits per heavy atom. The summed E-state index contributed by atoms with van der Waals surface area (Å²) >= 11 is 0. The molecule has 6 nitrogen and oxygen atoms in total. The summed E-state index contributed by atoms with van der Waals surface area (Å²) in [7, 11) is 0.